The predicted octanol–water partition coefficient (Wildman–Crippen LogP) is 5.53. The highest BCUT2D eigenvalue weighted by Crippen LogP contribution is 2.34. The number of H-pyrrole nitrogens is 1. The Morgan fingerprint density at radius 2 is 1.95 bits per heavy atom. The molecule has 0 aliphatic carbocycles. The van der Waals surface area contributed by atoms with Crippen molar-refractivity contribution in [2.75, 3.05) is 6.54 Å². The Morgan fingerprint density at radius 3 is 2.73 bits per heavy atom. The molecule has 0 radical (unpaired) electrons. The molecule has 3 N–H and O–H groups in total. The molecule has 0 atom stereocenters. The zero-order valence-electron chi connectivity index (χ0n) is 12.2. The van der Waals surface area contributed by atoms with Crippen molar-refractivity contribution >= 4 is 38.4 Å². The Kier molecular flexibility index (Phi) is 4.87. The summed E-state index contributed by atoms with van der Waals surface area (Å²) in [5, 5.41) is 1.98. The molecule has 4 heteroatoms. The van der Waals surface area contributed by atoms with E-state index < -0.39 is 0 Å². The highest BCUT2D eigenvalue weighted by atomic mass is 79.9. The van der Waals surface area contributed by atoms with Gasteiger partial charge in [-0.25, -0.2) is 0 Å². The Balaban J connectivity index is 2.13. The van der Waals surface area contributed by atoms with Gasteiger partial charge in [0.2, 0.25) is 0 Å². The topological polar surface area (TPSA) is 41.8 Å². The van der Waals surface area contributed by atoms with Crippen LogP contribution in [0, 0.1) is 0 Å². The molecule has 0 spiro atoms. The Hall–Kier alpha value is -1.29. The molecule has 0 aliphatic rings. The first-order valence-electron chi connectivity index (χ1n) is 7.45. The first kappa shape index (κ1) is 15.6. The molecule has 0 unspecified atom stereocenters. The maximum atomic E-state index is 6.19. The number of unbranched alkanes of at least 4 members (excludes halogenated alkanes) is 1. The van der Waals surface area contributed by atoms with E-state index in [-0.39, 0.29) is 0 Å². The van der Waals surface area contributed by atoms with Crippen LogP contribution in [0.1, 0.15) is 18.4 Å². The first-order chi connectivity index (χ1) is 10.7. The number of benzene rings is 2. The summed E-state index contributed by atoms with van der Waals surface area (Å²) in [5.74, 6) is 0. The zero-order valence-corrected chi connectivity index (χ0v) is 14.5. The number of aromatic amines is 1. The summed E-state index contributed by atoms with van der Waals surface area (Å²) in [6.07, 6.45) is 3.11. The summed E-state index contributed by atoms with van der Waals surface area (Å²) in [7, 11) is 0. The third-order valence-electron chi connectivity index (χ3n) is 3.86. The fourth-order valence-corrected chi connectivity index (χ4v) is 3.39. The van der Waals surface area contributed by atoms with Crippen molar-refractivity contribution < 1.29 is 0 Å². The van der Waals surface area contributed by atoms with E-state index >= 15 is 0 Å². The second-order valence-electron chi connectivity index (χ2n) is 5.42. The van der Waals surface area contributed by atoms with E-state index in [1.165, 1.54) is 22.2 Å². The molecule has 1 heterocycles. The van der Waals surface area contributed by atoms with Gasteiger partial charge in [0.15, 0.2) is 0 Å². The molecule has 0 bridgehead atoms. The van der Waals surface area contributed by atoms with E-state index in [1.54, 1.807) is 0 Å². The number of hydrogen-bond acceptors (Lipinski definition) is 1. The summed E-state index contributed by atoms with van der Waals surface area (Å²) in [6, 6.07) is 14.4. The molecule has 0 saturated carbocycles. The predicted molar refractivity (Wildman–Crippen MR) is 98.4 cm³/mol. The fraction of sp³-hybridized carbons (Fsp3) is 0.222. The van der Waals surface area contributed by atoms with Crippen LogP contribution < -0.4 is 5.73 Å². The molecule has 0 aliphatic heterocycles. The number of hydrogen-bond donors (Lipinski definition) is 2. The summed E-state index contributed by atoms with van der Waals surface area (Å²) in [5.41, 5.74) is 10.4. The molecule has 3 aromatic rings. The van der Waals surface area contributed by atoms with Crippen LogP contribution in [0.25, 0.3) is 22.2 Å². The average molecular weight is 378 g/mol. The van der Waals surface area contributed by atoms with E-state index in [2.05, 4.69) is 39.1 Å². The number of nitrogens with two attached hydrogens (primary N) is 1. The van der Waals surface area contributed by atoms with Crippen molar-refractivity contribution in [1.82, 2.24) is 4.98 Å². The van der Waals surface area contributed by atoms with Crippen LogP contribution in [0.5, 0.6) is 0 Å². The quantitative estimate of drug-likeness (QED) is 0.564. The summed E-state index contributed by atoms with van der Waals surface area (Å²) >= 11 is 9.74. The minimum Gasteiger partial charge on any atom is -0.354 e. The number of aryl methyl sites for hydroxylation is 1. The zero-order chi connectivity index (χ0) is 15.5. The molecule has 0 amide bonds. The van der Waals surface area contributed by atoms with Gasteiger partial charge in [0.25, 0.3) is 0 Å². The maximum Gasteiger partial charge on any atom is 0.0497 e. The van der Waals surface area contributed by atoms with Gasteiger partial charge >= 0.3 is 0 Å². The molecule has 1 aromatic heterocycles. The van der Waals surface area contributed by atoms with Crippen molar-refractivity contribution in [1.29, 1.82) is 0 Å². The molecule has 22 heavy (non-hydrogen) atoms. The lowest BCUT2D eigenvalue weighted by Crippen LogP contribution is -1.99. The van der Waals surface area contributed by atoms with Crippen molar-refractivity contribution in [3.63, 3.8) is 0 Å². The summed E-state index contributed by atoms with van der Waals surface area (Å²) in [4.78, 5) is 3.55. The van der Waals surface area contributed by atoms with Gasteiger partial charge in [-0.2, -0.15) is 0 Å². The number of fused-ring (bicyclic) bond motifs is 1. The van der Waals surface area contributed by atoms with E-state index in [4.69, 9.17) is 17.3 Å². The third kappa shape index (κ3) is 3.22. The molecule has 0 saturated heterocycles. The van der Waals surface area contributed by atoms with Crippen molar-refractivity contribution in [2.24, 2.45) is 5.73 Å². The number of aromatic nitrogens is 1. The van der Waals surface area contributed by atoms with Crippen LogP contribution in [-0.2, 0) is 6.42 Å². The van der Waals surface area contributed by atoms with Gasteiger partial charge in [-0.1, -0.05) is 39.7 Å². The number of rotatable bonds is 5. The second-order valence-corrected chi connectivity index (χ2v) is 6.78. The number of nitrogens with one attached hydrogen (secondary N) is 1. The molecular formula is C18H18BrClN2. The molecule has 2 aromatic carbocycles. The lowest BCUT2D eigenvalue weighted by Gasteiger charge is -2.06. The van der Waals surface area contributed by atoms with Crippen molar-refractivity contribution in [3.05, 3.63) is 57.5 Å². The summed E-state index contributed by atoms with van der Waals surface area (Å²) < 4.78 is 1.08. The van der Waals surface area contributed by atoms with Crippen LogP contribution in [0.15, 0.2) is 46.9 Å². The standard InChI is InChI=1S/C18H18BrClN2/c19-13-5-3-4-12(10-13)18-15(6-1-2-9-21)16-11-14(20)7-8-17(16)22-18/h3-5,7-8,10-11,22H,1-2,6,9,21H2. The maximum absolute atomic E-state index is 6.19. The van der Waals surface area contributed by atoms with Crippen molar-refractivity contribution in [2.45, 2.75) is 19.3 Å². The van der Waals surface area contributed by atoms with Gasteiger partial charge in [0.05, 0.1) is 0 Å². The Labute approximate surface area is 143 Å². The Morgan fingerprint density at radius 1 is 1.09 bits per heavy atom. The van der Waals surface area contributed by atoms with E-state index in [0.29, 0.717) is 0 Å². The Bertz CT molecular complexity index is 795. The van der Waals surface area contributed by atoms with Crippen LogP contribution in [0.3, 0.4) is 0 Å². The van der Waals surface area contributed by atoms with Crippen molar-refractivity contribution in [3.8, 4) is 11.3 Å². The minimum atomic E-state index is 0.731. The van der Waals surface area contributed by atoms with E-state index in [0.717, 1.165) is 40.8 Å². The minimum absolute atomic E-state index is 0.731. The molecule has 114 valence electrons. The van der Waals surface area contributed by atoms with Crippen LogP contribution in [0.2, 0.25) is 5.02 Å². The second kappa shape index (κ2) is 6.86. The fourth-order valence-electron chi connectivity index (χ4n) is 2.82. The normalized spacial score (nSPS) is 11.2. The van der Waals surface area contributed by atoms with Gasteiger partial charge in [-0.3, -0.25) is 0 Å². The van der Waals surface area contributed by atoms with E-state index in [1.807, 2.05) is 24.3 Å². The van der Waals surface area contributed by atoms with Gasteiger partial charge in [-0.15, -0.1) is 0 Å². The SMILES string of the molecule is NCCCCc1c(-c2cccc(Br)c2)[nH]c2ccc(Cl)cc12. The largest absolute Gasteiger partial charge is 0.354 e. The first-order valence-corrected chi connectivity index (χ1v) is 8.62. The van der Waals surface area contributed by atoms with Gasteiger partial charge in [0, 0.05) is 26.1 Å². The van der Waals surface area contributed by atoms with Gasteiger partial charge in [-0.05, 0) is 67.3 Å². The highest BCUT2D eigenvalue weighted by molar-refractivity contribution is 9.10. The van der Waals surface area contributed by atoms with Crippen LogP contribution in [0.4, 0.5) is 0 Å². The van der Waals surface area contributed by atoms with Gasteiger partial charge in [0.1, 0.15) is 0 Å². The smallest absolute Gasteiger partial charge is 0.0497 e. The highest BCUT2D eigenvalue weighted by Gasteiger charge is 2.13. The summed E-state index contributed by atoms with van der Waals surface area (Å²) in [6.45, 7) is 0.731. The molecule has 0 fully saturated rings. The van der Waals surface area contributed by atoms with E-state index in [9.17, 15) is 0 Å². The lowest BCUT2D eigenvalue weighted by molar-refractivity contribution is 0.748. The molecular weight excluding hydrogens is 360 g/mol. The average Bonchev–Trinajstić information content (AvgIpc) is 2.86. The monoisotopic (exact) mass is 376 g/mol. The van der Waals surface area contributed by atoms with Crippen LogP contribution in [-0.4, -0.2) is 11.5 Å². The van der Waals surface area contributed by atoms with Gasteiger partial charge < -0.3 is 10.7 Å². The van der Waals surface area contributed by atoms with Crippen LogP contribution >= 0.6 is 27.5 Å². The molecule has 3 rings (SSSR count). The molecule has 2 nitrogen and oxygen atoms in total. The lowest BCUT2D eigenvalue weighted by atomic mass is 10.0. The number of halogens is 2. The third-order valence-corrected chi connectivity index (χ3v) is 4.59.